The number of anilines is 2. The first-order chi connectivity index (χ1) is 13.8. The van der Waals surface area contributed by atoms with E-state index in [4.69, 9.17) is 0 Å². The molecule has 1 heterocycles. The van der Waals surface area contributed by atoms with Crippen LogP contribution in [0.5, 0.6) is 0 Å². The van der Waals surface area contributed by atoms with Gasteiger partial charge in [0, 0.05) is 44.5 Å². The number of hydrogen-bond acceptors (Lipinski definition) is 3. The van der Waals surface area contributed by atoms with Gasteiger partial charge in [-0.15, -0.1) is 0 Å². The molecule has 0 saturated carbocycles. The molecule has 1 fully saturated rings. The predicted molar refractivity (Wildman–Crippen MR) is 119 cm³/mol. The van der Waals surface area contributed by atoms with Gasteiger partial charge in [-0.25, -0.2) is 0 Å². The fourth-order valence-electron chi connectivity index (χ4n) is 3.89. The van der Waals surface area contributed by atoms with Crippen molar-refractivity contribution in [3.05, 3.63) is 58.7 Å². The van der Waals surface area contributed by atoms with E-state index in [9.17, 15) is 9.59 Å². The highest BCUT2D eigenvalue weighted by atomic mass is 16.2. The van der Waals surface area contributed by atoms with E-state index in [0.29, 0.717) is 13.1 Å². The highest BCUT2D eigenvalue weighted by Gasteiger charge is 2.25. The van der Waals surface area contributed by atoms with Crippen LogP contribution in [0.2, 0.25) is 0 Å². The molecule has 1 aliphatic heterocycles. The van der Waals surface area contributed by atoms with E-state index in [0.717, 1.165) is 29.9 Å². The van der Waals surface area contributed by atoms with Crippen LogP contribution >= 0.6 is 0 Å². The lowest BCUT2D eigenvalue weighted by atomic mass is 10.1. The van der Waals surface area contributed by atoms with Crippen molar-refractivity contribution in [2.75, 3.05) is 42.5 Å². The van der Waals surface area contributed by atoms with Gasteiger partial charge in [-0.3, -0.25) is 9.59 Å². The summed E-state index contributed by atoms with van der Waals surface area (Å²) in [6.45, 7) is 12.8. The number of nitrogens with zero attached hydrogens (tertiary/aromatic N) is 3. The minimum Gasteiger partial charge on any atom is -0.368 e. The molecule has 2 aromatic rings. The lowest BCUT2D eigenvalue weighted by Gasteiger charge is -2.38. The number of rotatable bonds is 4. The lowest BCUT2D eigenvalue weighted by Crippen LogP contribution is -2.52. The lowest BCUT2D eigenvalue weighted by molar-refractivity contribution is -0.131. The second-order valence-corrected chi connectivity index (χ2v) is 7.98. The summed E-state index contributed by atoms with van der Waals surface area (Å²) in [6, 6.07) is 12.4. The molecule has 0 radical (unpaired) electrons. The molecule has 2 amide bonds. The molecule has 1 aliphatic rings. The number of amides is 2. The van der Waals surface area contributed by atoms with Gasteiger partial charge in [0.05, 0.1) is 0 Å². The van der Waals surface area contributed by atoms with Gasteiger partial charge in [-0.1, -0.05) is 24.3 Å². The summed E-state index contributed by atoms with van der Waals surface area (Å²) in [7, 11) is 0. The minimum atomic E-state index is -0.110. The summed E-state index contributed by atoms with van der Waals surface area (Å²) in [4.78, 5) is 31.1. The molecule has 2 aromatic carbocycles. The third kappa shape index (κ3) is 4.61. The van der Waals surface area contributed by atoms with Crippen LogP contribution in [0.25, 0.3) is 0 Å². The zero-order valence-electron chi connectivity index (χ0n) is 18.2. The molecule has 0 unspecified atom stereocenters. The van der Waals surface area contributed by atoms with Gasteiger partial charge in [0.1, 0.15) is 6.54 Å². The first kappa shape index (κ1) is 20.9. The Morgan fingerprint density at radius 1 is 0.931 bits per heavy atom. The van der Waals surface area contributed by atoms with E-state index < -0.39 is 0 Å². The average molecular weight is 394 g/mol. The molecule has 154 valence electrons. The number of benzene rings is 2. The topological polar surface area (TPSA) is 43.9 Å². The molecule has 29 heavy (non-hydrogen) atoms. The fraction of sp³-hybridized carbons (Fsp3) is 0.417. The summed E-state index contributed by atoms with van der Waals surface area (Å²) < 4.78 is 0. The SMILES string of the molecule is CC(=O)N(CC(=O)N1CCN(c2cccc(C)c2C)CC1)c1cc(C)ccc1C. The number of carbonyl (C=O) groups excluding carboxylic acids is 2. The molecule has 0 atom stereocenters. The molecule has 1 saturated heterocycles. The highest BCUT2D eigenvalue weighted by molar-refractivity contribution is 5.98. The Kier molecular flexibility index (Phi) is 6.26. The number of hydrogen-bond donors (Lipinski definition) is 0. The van der Waals surface area contributed by atoms with Gasteiger partial charge in [-0.2, -0.15) is 0 Å². The first-order valence-corrected chi connectivity index (χ1v) is 10.2. The van der Waals surface area contributed by atoms with Crippen molar-refractivity contribution in [2.45, 2.75) is 34.6 Å². The summed E-state index contributed by atoms with van der Waals surface area (Å²) in [5.74, 6) is -0.109. The molecule has 0 bridgehead atoms. The maximum absolute atomic E-state index is 13.0. The van der Waals surface area contributed by atoms with Gasteiger partial charge >= 0.3 is 0 Å². The van der Waals surface area contributed by atoms with Crippen LogP contribution in [0.3, 0.4) is 0 Å². The monoisotopic (exact) mass is 393 g/mol. The molecule has 5 heteroatoms. The predicted octanol–water partition coefficient (Wildman–Crippen LogP) is 3.62. The maximum Gasteiger partial charge on any atom is 0.242 e. The maximum atomic E-state index is 13.0. The Balaban J connectivity index is 1.67. The zero-order valence-corrected chi connectivity index (χ0v) is 18.2. The smallest absolute Gasteiger partial charge is 0.242 e. The number of aryl methyl sites for hydroxylation is 3. The second-order valence-electron chi connectivity index (χ2n) is 7.98. The third-order valence-corrected chi connectivity index (χ3v) is 5.88. The van der Waals surface area contributed by atoms with Crippen LogP contribution in [0.4, 0.5) is 11.4 Å². The minimum absolute atomic E-state index is 0.00159. The van der Waals surface area contributed by atoms with Crippen molar-refractivity contribution in [2.24, 2.45) is 0 Å². The fourth-order valence-corrected chi connectivity index (χ4v) is 3.89. The summed E-state index contributed by atoms with van der Waals surface area (Å²) in [5.41, 5.74) is 6.72. The van der Waals surface area contributed by atoms with Gasteiger partial charge in [-0.05, 0) is 62.1 Å². The normalized spacial score (nSPS) is 14.1. The molecule has 3 rings (SSSR count). The Bertz CT molecular complexity index is 914. The van der Waals surface area contributed by atoms with Crippen molar-refractivity contribution < 1.29 is 9.59 Å². The van der Waals surface area contributed by atoms with Gasteiger partial charge in [0.2, 0.25) is 11.8 Å². The van der Waals surface area contributed by atoms with E-state index in [1.807, 2.05) is 36.9 Å². The summed E-state index contributed by atoms with van der Waals surface area (Å²) >= 11 is 0. The van der Waals surface area contributed by atoms with E-state index in [-0.39, 0.29) is 18.4 Å². The molecule has 0 N–H and O–H groups in total. The van der Waals surface area contributed by atoms with E-state index in [1.165, 1.54) is 23.7 Å². The van der Waals surface area contributed by atoms with E-state index in [2.05, 4.69) is 36.9 Å². The van der Waals surface area contributed by atoms with Crippen molar-refractivity contribution in [1.29, 1.82) is 0 Å². The summed E-state index contributed by atoms with van der Waals surface area (Å²) in [5, 5.41) is 0. The molecule has 0 aromatic heterocycles. The average Bonchev–Trinajstić information content (AvgIpc) is 2.70. The van der Waals surface area contributed by atoms with Crippen LogP contribution in [0.15, 0.2) is 36.4 Å². The highest BCUT2D eigenvalue weighted by Crippen LogP contribution is 2.25. The molecular weight excluding hydrogens is 362 g/mol. The first-order valence-electron chi connectivity index (χ1n) is 10.2. The Morgan fingerprint density at radius 3 is 2.28 bits per heavy atom. The van der Waals surface area contributed by atoms with Gasteiger partial charge in [0.15, 0.2) is 0 Å². The van der Waals surface area contributed by atoms with Gasteiger partial charge in [0.25, 0.3) is 0 Å². The van der Waals surface area contributed by atoms with Crippen molar-refractivity contribution in [3.8, 4) is 0 Å². The summed E-state index contributed by atoms with van der Waals surface area (Å²) in [6.07, 6.45) is 0. The Hall–Kier alpha value is -2.82. The standard InChI is InChI=1S/C24H31N3O2/c1-17-9-10-19(3)23(15-17)27(21(5)28)16-24(29)26-13-11-25(12-14-26)22-8-6-7-18(2)20(22)4/h6-10,15H,11-14,16H2,1-5H3. The largest absolute Gasteiger partial charge is 0.368 e. The second kappa shape index (κ2) is 8.68. The van der Waals surface area contributed by atoms with Crippen LogP contribution in [0.1, 0.15) is 29.2 Å². The van der Waals surface area contributed by atoms with E-state index >= 15 is 0 Å². The Morgan fingerprint density at radius 2 is 1.62 bits per heavy atom. The van der Waals surface area contributed by atoms with Crippen LogP contribution < -0.4 is 9.80 Å². The molecule has 0 aliphatic carbocycles. The van der Waals surface area contributed by atoms with Crippen molar-refractivity contribution in [3.63, 3.8) is 0 Å². The van der Waals surface area contributed by atoms with E-state index in [1.54, 1.807) is 4.90 Å². The van der Waals surface area contributed by atoms with Crippen LogP contribution in [0, 0.1) is 27.7 Å². The molecule has 5 nitrogen and oxygen atoms in total. The Labute approximate surface area is 173 Å². The molecular formula is C24H31N3O2. The number of carbonyl (C=O) groups is 2. The van der Waals surface area contributed by atoms with Crippen molar-refractivity contribution >= 4 is 23.2 Å². The quantitative estimate of drug-likeness (QED) is 0.797. The van der Waals surface area contributed by atoms with Crippen LogP contribution in [-0.4, -0.2) is 49.4 Å². The third-order valence-electron chi connectivity index (χ3n) is 5.88. The molecule has 0 spiro atoms. The number of piperazine rings is 1. The zero-order chi connectivity index (χ0) is 21.1. The van der Waals surface area contributed by atoms with Gasteiger partial charge < -0.3 is 14.7 Å². The van der Waals surface area contributed by atoms with Crippen LogP contribution in [-0.2, 0) is 9.59 Å². The van der Waals surface area contributed by atoms with Crippen molar-refractivity contribution in [1.82, 2.24) is 4.90 Å².